The van der Waals surface area contributed by atoms with Gasteiger partial charge in [0.2, 0.25) is 5.91 Å². The van der Waals surface area contributed by atoms with Gasteiger partial charge in [-0.1, -0.05) is 60.7 Å². The zero-order valence-electron chi connectivity index (χ0n) is 21.9. The van der Waals surface area contributed by atoms with Crippen molar-refractivity contribution in [3.63, 3.8) is 0 Å². The number of fused-ring (bicyclic) bond motifs is 1. The smallest absolute Gasteiger partial charge is 0.254 e. The molecule has 0 saturated carbocycles. The van der Waals surface area contributed by atoms with Crippen LogP contribution in [0.2, 0.25) is 0 Å². The van der Waals surface area contributed by atoms with E-state index in [2.05, 4.69) is 10.6 Å². The molecule has 0 aromatic heterocycles. The molecule has 3 aromatic rings. The van der Waals surface area contributed by atoms with Crippen molar-refractivity contribution in [3.8, 4) is 0 Å². The fourth-order valence-electron chi connectivity index (χ4n) is 4.76. The number of aliphatic hydroxyl groups excluding tert-OH is 1. The van der Waals surface area contributed by atoms with Crippen LogP contribution in [0.4, 0.5) is 0 Å². The van der Waals surface area contributed by atoms with Gasteiger partial charge in [0.05, 0.1) is 11.4 Å². The first-order chi connectivity index (χ1) is 18.0. The lowest BCUT2D eigenvalue weighted by Gasteiger charge is -2.32. The third kappa shape index (κ3) is 6.71. The number of nitrogens with one attached hydrogen (secondary N) is 2. The van der Waals surface area contributed by atoms with Gasteiger partial charge < -0.3 is 20.6 Å². The molecular formula is C30H34ClN3O4. The zero-order valence-corrected chi connectivity index (χ0v) is 22.6. The van der Waals surface area contributed by atoms with E-state index >= 15 is 0 Å². The summed E-state index contributed by atoms with van der Waals surface area (Å²) in [6, 6.07) is 20.7. The van der Waals surface area contributed by atoms with Crippen molar-refractivity contribution in [2.75, 3.05) is 6.54 Å². The third-order valence-electron chi connectivity index (χ3n) is 6.59. The van der Waals surface area contributed by atoms with Crippen LogP contribution in [-0.2, 0) is 16.0 Å². The van der Waals surface area contributed by atoms with Crippen LogP contribution in [0.3, 0.4) is 0 Å². The van der Waals surface area contributed by atoms with Crippen molar-refractivity contribution in [1.29, 1.82) is 0 Å². The number of carbonyl (C=O) groups is 3. The Labute approximate surface area is 228 Å². The predicted molar refractivity (Wildman–Crippen MR) is 149 cm³/mol. The molecule has 0 unspecified atom stereocenters. The third-order valence-corrected chi connectivity index (χ3v) is 6.91. The molecule has 4 rings (SSSR count). The second-order valence-electron chi connectivity index (χ2n) is 10.9. The highest BCUT2D eigenvalue weighted by Gasteiger charge is 2.43. The first kappa shape index (κ1) is 27.6. The minimum Gasteiger partial charge on any atom is -0.381 e. The number of benzene rings is 3. The van der Waals surface area contributed by atoms with Gasteiger partial charge in [-0.05, 0) is 62.1 Å². The summed E-state index contributed by atoms with van der Waals surface area (Å²) >= 11 is 6.36. The van der Waals surface area contributed by atoms with Crippen LogP contribution in [0.15, 0.2) is 72.8 Å². The quantitative estimate of drug-likeness (QED) is 0.402. The molecule has 8 heteroatoms. The van der Waals surface area contributed by atoms with E-state index in [4.69, 9.17) is 11.6 Å². The summed E-state index contributed by atoms with van der Waals surface area (Å²) in [5.74, 6) is -1.36. The standard InChI is InChI=1S/C30H34ClN3O4/c1-30(2,3)33-28(37)25-17-23(31)18-34(25)29(38)26(35)24(15-19-9-5-4-6-10-19)32-27(36)22-14-13-20-11-7-8-12-21(20)16-22/h4-14,16,23-26,35H,15,17-18H2,1-3H3,(H,32,36)(H,33,37)/t23-,24-,25-,26-/m0/s1. The van der Waals surface area contributed by atoms with Gasteiger partial charge >= 0.3 is 0 Å². The molecule has 1 saturated heterocycles. The molecule has 0 radical (unpaired) electrons. The lowest BCUT2D eigenvalue weighted by Crippen LogP contribution is -2.57. The number of carbonyl (C=O) groups excluding carboxylic acids is 3. The molecule has 38 heavy (non-hydrogen) atoms. The van der Waals surface area contributed by atoms with Crippen LogP contribution >= 0.6 is 11.6 Å². The monoisotopic (exact) mass is 535 g/mol. The van der Waals surface area contributed by atoms with Crippen molar-refractivity contribution < 1.29 is 19.5 Å². The lowest BCUT2D eigenvalue weighted by molar-refractivity contribution is -0.146. The number of halogens is 1. The topological polar surface area (TPSA) is 98.7 Å². The molecule has 0 bridgehead atoms. The summed E-state index contributed by atoms with van der Waals surface area (Å²) in [7, 11) is 0. The summed E-state index contributed by atoms with van der Waals surface area (Å²) < 4.78 is 0. The fourth-order valence-corrected chi connectivity index (χ4v) is 5.08. The number of alkyl halides is 1. The molecule has 4 atom stereocenters. The average molecular weight is 536 g/mol. The largest absolute Gasteiger partial charge is 0.381 e. The van der Waals surface area contributed by atoms with E-state index in [1.807, 2.05) is 81.4 Å². The molecular weight excluding hydrogens is 502 g/mol. The Bertz CT molecular complexity index is 1310. The summed E-state index contributed by atoms with van der Waals surface area (Å²) in [6.07, 6.45) is -1.06. The molecule has 1 aliphatic heterocycles. The summed E-state index contributed by atoms with van der Waals surface area (Å²) in [5.41, 5.74) is 0.783. The lowest BCUT2D eigenvalue weighted by atomic mass is 9.99. The molecule has 3 amide bonds. The van der Waals surface area contributed by atoms with Crippen LogP contribution in [-0.4, -0.2) is 63.4 Å². The summed E-state index contributed by atoms with van der Waals surface area (Å²) in [4.78, 5) is 41.2. The first-order valence-corrected chi connectivity index (χ1v) is 13.2. The maximum Gasteiger partial charge on any atom is 0.254 e. The Kier molecular flexibility index (Phi) is 8.38. The van der Waals surface area contributed by atoms with E-state index < -0.39 is 40.9 Å². The highest BCUT2D eigenvalue weighted by molar-refractivity contribution is 6.21. The van der Waals surface area contributed by atoms with E-state index in [1.54, 1.807) is 12.1 Å². The van der Waals surface area contributed by atoms with Crippen molar-refractivity contribution in [2.45, 2.75) is 62.7 Å². The van der Waals surface area contributed by atoms with Crippen LogP contribution in [0, 0.1) is 0 Å². The Morgan fingerprint density at radius 1 is 1.00 bits per heavy atom. The number of rotatable bonds is 7. The first-order valence-electron chi connectivity index (χ1n) is 12.8. The molecule has 3 aromatic carbocycles. The second kappa shape index (κ2) is 11.5. The van der Waals surface area contributed by atoms with E-state index in [0.717, 1.165) is 16.3 Å². The number of likely N-dealkylation sites (tertiary alicyclic amines) is 1. The maximum absolute atomic E-state index is 13.6. The van der Waals surface area contributed by atoms with Gasteiger partial charge in [-0.15, -0.1) is 11.6 Å². The highest BCUT2D eigenvalue weighted by Crippen LogP contribution is 2.25. The Morgan fingerprint density at radius 3 is 2.34 bits per heavy atom. The van der Waals surface area contributed by atoms with Crippen LogP contribution < -0.4 is 10.6 Å². The second-order valence-corrected chi connectivity index (χ2v) is 11.5. The number of nitrogens with zero attached hydrogens (tertiary/aromatic N) is 1. The van der Waals surface area contributed by atoms with E-state index in [0.29, 0.717) is 5.56 Å². The van der Waals surface area contributed by atoms with Gasteiger partial charge in [-0.2, -0.15) is 0 Å². The van der Waals surface area contributed by atoms with Gasteiger partial charge in [-0.25, -0.2) is 0 Å². The summed E-state index contributed by atoms with van der Waals surface area (Å²) in [6.45, 7) is 5.71. The van der Waals surface area contributed by atoms with Crippen molar-refractivity contribution in [2.24, 2.45) is 0 Å². The number of hydrogen-bond donors (Lipinski definition) is 3. The minimum absolute atomic E-state index is 0.135. The normalized spacial score (nSPS) is 19.1. The number of amides is 3. The number of hydrogen-bond acceptors (Lipinski definition) is 4. The molecule has 200 valence electrons. The maximum atomic E-state index is 13.6. The van der Waals surface area contributed by atoms with Crippen molar-refractivity contribution >= 4 is 40.1 Å². The molecule has 1 aliphatic rings. The minimum atomic E-state index is -1.58. The SMILES string of the molecule is CC(C)(C)NC(=O)[C@@H]1C[C@H](Cl)CN1C(=O)[C@@H](O)[C@H](Cc1ccccc1)NC(=O)c1ccc2ccccc2c1. The van der Waals surface area contributed by atoms with Gasteiger partial charge in [0.25, 0.3) is 11.8 Å². The molecule has 1 heterocycles. The Balaban J connectivity index is 1.57. The predicted octanol–water partition coefficient (Wildman–Crippen LogP) is 3.66. The molecule has 1 fully saturated rings. The van der Waals surface area contributed by atoms with Crippen LogP contribution in [0.1, 0.15) is 43.1 Å². The molecule has 0 aliphatic carbocycles. The van der Waals surface area contributed by atoms with Gasteiger partial charge in [0, 0.05) is 17.6 Å². The Morgan fingerprint density at radius 2 is 1.66 bits per heavy atom. The summed E-state index contributed by atoms with van der Waals surface area (Å²) in [5, 5.41) is 18.6. The van der Waals surface area contributed by atoms with Gasteiger partial charge in [-0.3, -0.25) is 14.4 Å². The number of aliphatic hydroxyl groups is 1. The average Bonchev–Trinajstić information content (AvgIpc) is 3.28. The van der Waals surface area contributed by atoms with Crippen molar-refractivity contribution in [1.82, 2.24) is 15.5 Å². The van der Waals surface area contributed by atoms with Gasteiger partial charge in [0.1, 0.15) is 6.04 Å². The van der Waals surface area contributed by atoms with E-state index in [-0.39, 0.29) is 25.3 Å². The van der Waals surface area contributed by atoms with Gasteiger partial charge in [0.15, 0.2) is 6.10 Å². The Hall–Kier alpha value is -3.42. The fraction of sp³-hybridized carbons (Fsp3) is 0.367. The van der Waals surface area contributed by atoms with E-state index in [9.17, 15) is 19.5 Å². The van der Waals surface area contributed by atoms with Crippen LogP contribution in [0.25, 0.3) is 10.8 Å². The van der Waals surface area contributed by atoms with E-state index in [1.165, 1.54) is 4.90 Å². The molecule has 3 N–H and O–H groups in total. The van der Waals surface area contributed by atoms with Crippen LogP contribution in [0.5, 0.6) is 0 Å². The molecule has 0 spiro atoms. The zero-order chi connectivity index (χ0) is 27.4. The molecule has 7 nitrogen and oxygen atoms in total. The highest BCUT2D eigenvalue weighted by atomic mass is 35.5. The van der Waals surface area contributed by atoms with Crippen molar-refractivity contribution in [3.05, 3.63) is 83.9 Å².